The molecule has 0 radical (unpaired) electrons. The predicted molar refractivity (Wildman–Crippen MR) is 63.5 cm³/mol. The van der Waals surface area contributed by atoms with Crippen LogP contribution in [0.5, 0.6) is 0 Å². The molecular weight excluding hydrogens is 220 g/mol. The zero-order valence-corrected chi connectivity index (χ0v) is 10.5. The monoisotopic (exact) mass is 242 g/mol. The Morgan fingerprint density at radius 3 is 2.88 bits per heavy atom. The standard InChI is InChI=1S/C12H22N2O3/c1-16-11(15)12(13,10-3-4-10)9-14-5-2-7-17-8-6-14/h10H,2-9,13H2,1H3. The minimum absolute atomic E-state index is 0.273. The Kier molecular flexibility index (Phi) is 4.01. The average Bonchev–Trinajstić information content (AvgIpc) is 3.14. The number of carbonyl (C=O) groups is 1. The highest BCUT2D eigenvalue weighted by atomic mass is 16.5. The van der Waals surface area contributed by atoms with Crippen molar-refractivity contribution in [2.24, 2.45) is 11.7 Å². The molecule has 0 aromatic carbocycles. The van der Waals surface area contributed by atoms with Gasteiger partial charge < -0.3 is 15.2 Å². The summed E-state index contributed by atoms with van der Waals surface area (Å²) in [7, 11) is 1.41. The van der Waals surface area contributed by atoms with Crippen molar-refractivity contribution in [2.75, 3.05) is 40.0 Å². The number of ether oxygens (including phenoxy) is 2. The molecule has 5 heteroatoms. The van der Waals surface area contributed by atoms with Crippen molar-refractivity contribution in [3.63, 3.8) is 0 Å². The first-order valence-corrected chi connectivity index (χ1v) is 6.34. The van der Waals surface area contributed by atoms with Gasteiger partial charge in [0, 0.05) is 26.2 Å². The number of carbonyl (C=O) groups excluding carboxylic acids is 1. The van der Waals surface area contributed by atoms with Gasteiger partial charge in [-0.3, -0.25) is 9.69 Å². The van der Waals surface area contributed by atoms with Crippen molar-refractivity contribution < 1.29 is 14.3 Å². The van der Waals surface area contributed by atoms with Crippen LogP contribution in [0.15, 0.2) is 0 Å². The Balaban J connectivity index is 1.98. The van der Waals surface area contributed by atoms with E-state index >= 15 is 0 Å². The van der Waals surface area contributed by atoms with E-state index in [2.05, 4.69) is 4.90 Å². The molecule has 0 bridgehead atoms. The van der Waals surface area contributed by atoms with E-state index in [0.717, 1.165) is 45.6 Å². The second-order valence-corrected chi connectivity index (χ2v) is 5.05. The minimum atomic E-state index is -0.820. The molecule has 1 saturated heterocycles. The van der Waals surface area contributed by atoms with E-state index in [1.807, 2.05) is 0 Å². The van der Waals surface area contributed by atoms with Crippen molar-refractivity contribution >= 4 is 5.97 Å². The molecule has 1 aliphatic carbocycles. The van der Waals surface area contributed by atoms with E-state index in [1.165, 1.54) is 7.11 Å². The van der Waals surface area contributed by atoms with Crippen LogP contribution >= 0.6 is 0 Å². The highest BCUT2D eigenvalue weighted by molar-refractivity contribution is 5.81. The zero-order valence-electron chi connectivity index (χ0n) is 10.5. The van der Waals surface area contributed by atoms with E-state index in [0.29, 0.717) is 12.5 Å². The van der Waals surface area contributed by atoms with Crippen LogP contribution in [-0.4, -0.2) is 56.4 Å². The van der Waals surface area contributed by atoms with Gasteiger partial charge in [-0.05, 0) is 25.2 Å². The molecule has 2 N–H and O–H groups in total. The van der Waals surface area contributed by atoms with Crippen LogP contribution in [-0.2, 0) is 14.3 Å². The number of nitrogens with zero attached hydrogens (tertiary/aromatic N) is 1. The topological polar surface area (TPSA) is 64.8 Å². The minimum Gasteiger partial charge on any atom is -0.468 e. The van der Waals surface area contributed by atoms with Gasteiger partial charge in [-0.15, -0.1) is 0 Å². The molecule has 1 unspecified atom stereocenters. The molecule has 2 rings (SSSR count). The third-order valence-electron chi connectivity index (χ3n) is 3.67. The van der Waals surface area contributed by atoms with Crippen LogP contribution in [0.2, 0.25) is 0 Å². The van der Waals surface area contributed by atoms with Gasteiger partial charge in [0.25, 0.3) is 0 Å². The van der Waals surface area contributed by atoms with Gasteiger partial charge in [-0.2, -0.15) is 0 Å². The highest BCUT2D eigenvalue weighted by Gasteiger charge is 2.49. The lowest BCUT2D eigenvalue weighted by Crippen LogP contribution is -2.58. The van der Waals surface area contributed by atoms with Crippen LogP contribution in [0.3, 0.4) is 0 Å². The molecule has 0 aromatic rings. The first kappa shape index (κ1) is 12.8. The Morgan fingerprint density at radius 1 is 1.47 bits per heavy atom. The Labute approximate surface area is 102 Å². The summed E-state index contributed by atoms with van der Waals surface area (Å²) in [5.74, 6) is 0.0179. The quantitative estimate of drug-likeness (QED) is 0.702. The molecule has 17 heavy (non-hydrogen) atoms. The van der Waals surface area contributed by atoms with Gasteiger partial charge >= 0.3 is 5.97 Å². The average molecular weight is 242 g/mol. The number of hydrogen-bond donors (Lipinski definition) is 1. The molecule has 5 nitrogen and oxygen atoms in total. The molecule has 0 spiro atoms. The van der Waals surface area contributed by atoms with Gasteiger partial charge in [-0.1, -0.05) is 0 Å². The first-order chi connectivity index (χ1) is 8.16. The van der Waals surface area contributed by atoms with E-state index in [-0.39, 0.29) is 5.97 Å². The lowest BCUT2D eigenvalue weighted by molar-refractivity contribution is -0.148. The molecule has 1 saturated carbocycles. The highest BCUT2D eigenvalue weighted by Crippen LogP contribution is 2.39. The summed E-state index contributed by atoms with van der Waals surface area (Å²) in [5.41, 5.74) is 5.46. The molecule has 1 atom stereocenters. The number of esters is 1. The van der Waals surface area contributed by atoms with Gasteiger partial charge in [0.2, 0.25) is 0 Å². The number of methoxy groups -OCH3 is 1. The van der Waals surface area contributed by atoms with Crippen LogP contribution in [0, 0.1) is 5.92 Å². The SMILES string of the molecule is COC(=O)C(N)(CN1CCCOCC1)C1CC1. The maximum atomic E-state index is 11.9. The Morgan fingerprint density at radius 2 is 2.24 bits per heavy atom. The maximum absolute atomic E-state index is 11.9. The van der Waals surface area contributed by atoms with Crippen molar-refractivity contribution in [2.45, 2.75) is 24.8 Å². The number of nitrogens with two attached hydrogens (primary N) is 1. The van der Waals surface area contributed by atoms with E-state index in [1.54, 1.807) is 0 Å². The van der Waals surface area contributed by atoms with E-state index in [4.69, 9.17) is 15.2 Å². The van der Waals surface area contributed by atoms with Crippen molar-refractivity contribution in [3.8, 4) is 0 Å². The largest absolute Gasteiger partial charge is 0.468 e. The Hall–Kier alpha value is -0.650. The summed E-state index contributed by atoms with van der Waals surface area (Å²) in [6.07, 6.45) is 3.08. The fourth-order valence-electron chi connectivity index (χ4n) is 2.47. The predicted octanol–water partition coefficient (Wildman–Crippen LogP) is -0.0108. The summed E-state index contributed by atoms with van der Waals surface area (Å²) >= 11 is 0. The summed E-state index contributed by atoms with van der Waals surface area (Å²) in [4.78, 5) is 14.1. The molecular formula is C12H22N2O3. The van der Waals surface area contributed by atoms with Gasteiger partial charge in [0.15, 0.2) is 0 Å². The lowest BCUT2D eigenvalue weighted by atomic mass is 9.93. The van der Waals surface area contributed by atoms with E-state index in [9.17, 15) is 4.79 Å². The van der Waals surface area contributed by atoms with Crippen LogP contribution in [0.4, 0.5) is 0 Å². The molecule has 98 valence electrons. The normalized spacial score (nSPS) is 26.0. The summed E-state index contributed by atoms with van der Waals surface area (Å²) in [6, 6.07) is 0. The van der Waals surface area contributed by atoms with Crippen molar-refractivity contribution in [1.29, 1.82) is 0 Å². The molecule has 1 aliphatic heterocycles. The maximum Gasteiger partial charge on any atom is 0.327 e. The molecule has 2 fully saturated rings. The van der Waals surface area contributed by atoms with Gasteiger partial charge in [0.05, 0.1) is 13.7 Å². The molecule has 1 heterocycles. The fraction of sp³-hybridized carbons (Fsp3) is 0.917. The molecule has 0 amide bonds. The van der Waals surface area contributed by atoms with Crippen LogP contribution < -0.4 is 5.73 Å². The summed E-state index contributed by atoms with van der Waals surface area (Å²) in [5, 5.41) is 0. The first-order valence-electron chi connectivity index (χ1n) is 6.34. The second kappa shape index (κ2) is 5.33. The second-order valence-electron chi connectivity index (χ2n) is 5.05. The van der Waals surface area contributed by atoms with Crippen molar-refractivity contribution in [3.05, 3.63) is 0 Å². The molecule has 0 aromatic heterocycles. The zero-order chi connectivity index (χ0) is 12.3. The fourth-order valence-corrected chi connectivity index (χ4v) is 2.47. The summed E-state index contributed by atoms with van der Waals surface area (Å²) in [6.45, 7) is 3.91. The van der Waals surface area contributed by atoms with Crippen LogP contribution in [0.1, 0.15) is 19.3 Å². The summed E-state index contributed by atoms with van der Waals surface area (Å²) < 4.78 is 10.3. The van der Waals surface area contributed by atoms with Gasteiger partial charge in [0.1, 0.15) is 5.54 Å². The third kappa shape index (κ3) is 2.97. The van der Waals surface area contributed by atoms with Crippen molar-refractivity contribution in [1.82, 2.24) is 4.90 Å². The number of rotatable bonds is 4. The van der Waals surface area contributed by atoms with Gasteiger partial charge in [-0.25, -0.2) is 0 Å². The Bertz CT molecular complexity index is 273. The molecule has 2 aliphatic rings. The lowest BCUT2D eigenvalue weighted by Gasteiger charge is -2.32. The van der Waals surface area contributed by atoms with E-state index < -0.39 is 5.54 Å². The van der Waals surface area contributed by atoms with Crippen LogP contribution in [0.25, 0.3) is 0 Å². The smallest absolute Gasteiger partial charge is 0.327 e. The third-order valence-corrected chi connectivity index (χ3v) is 3.67. The number of hydrogen-bond acceptors (Lipinski definition) is 5.